The zero-order valence-corrected chi connectivity index (χ0v) is 26.7. The second-order valence-corrected chi connectivity index (χ2v) is 14.8. The van der Waals surface area contributed by atoms with Crippen molar-refractivity contribution in [2.24, 2.45) is 16.7 Å². The van der Waals surface area contributed by atoms with E-state index in [-0.39, 0.29) is 35.6 Å². The molecular weight excluding hydrogens is 582 g/mol. The molecule has 46 heavy (non-hydrogen) atoms. The summed E-state index contributed by atoms with van der Waals surface area (Å²) in [5.74, 6) is 4.93. The average Bonchev–Trinajstić information content (AvgIpc) is 3.20. The van der Waals surface area contributed by atoms with Gasteiger partial charge in [-0.05, 0) is 66.1 Å². The van der Waals surface area contributed by atoms with Crippen molar-refractivity contribution in [3.63, 3.8) is 0 Å². The van der Waals surface area contributed by atoms with Crippen LogP contribution in [-0.4, -0.2) is 83.6 Å². The fraction of sp³-hybridized carbons (Fsp3) is 0.472. The van der Waals surface area contributed by atoms with E-state index in [4.69, 9.17) is 0 Å². The first-order chi connectivity index (χ1) is 21.8. The maximum Gasteiger partial charge on any atom is 0.262 e. The molecule has 7 rings (SSSR count). The molecule has 4 fully saturated rings. The summed E-state index contributed by atoms with van der Waals surface area (Å²) in [7, 11) is 0. The highest BCUT2D eigenvalue weighted by molar-refractivity contribution is 6.23. The van der Waals surface area contributed by atoms with Crippen molar-refractivity contribution >= 4 is 35.2 Å². The Morgan fingerprint density at radius 2 is 1.57 bits per heavy atom. The van der Waals surface area contributed by atoms with Crippen molar-refractivity contribution in [2.45, 2.75) is 65.1 Å². The number of imide groups is 2. The Bertz CT molecular complexity index is 1710. The van der Waals surface area contributed by atoms with E-state index >= 15 is 0 Å². The van der Waals surface area contributed by atoms with Gasteiger partial charge < -0.3 is 10.2 Å². The first-order valence-corrected chi connectivity index (χ1v) is 16.1. The fourth-order valence-corrected chi connectivity index (χ4v) is 8.26. The Labute approximate surface area is 268 Å². The summed E-state index contributed by atoms with van der Waals surface area (Å²) >= 11 is 0. The Balaban J connectivity index is 0.890. The van der Waals surface area contributed by atoms with Crippen molar-refractivity contribution in [1.29, 1.82) is 0 Å². The van der Waals surface area contributed by atoms with E-state index in [0.717, 1.165) is 48.8 Å². The van der Waals surface area contributed by atoms with Crippen LogP contribution in [0.4, 0.5) is 5.69 Å². The van der Waals surface area contributed by atoms with Crippen LogP contribution in [0, 0.1) is 28.6 Å². The van der Waals surface area contributed by atoms with Crippen molar-refractivity contribution < 1.29 is 24.0 Å². The van der Waals surface area contributed by atoms with Gasteiger partial charge in [-0.15, -0.1) is 0 Å². The number of piperidine rings is 1. The molecule has 0 spiro atoms. The van der Waals surface area contributed by atoms with Gasteiger partial charge in [0.1, 0.15) is 6.04 Å². The normalized spacial score (nSPS) is 24.3. The number of fused-ring (bicyclic) bond motifs is 1. The SMILES string of the molecule is CC1(C)CC(C)(C)C1NC(=O)c1ccc(C#CC2CN(C3CN(c4ccc5c(c4)C(=O)N(C4CCC(=O)NC4=O)C5=O)C3)C2)cc1. The fourth-order valence-electron chi connectivity index (χ4n) is 8.26. The first kappa shape index (κ1) is 30.2. The van der Waals surface area contributed by atoms with Gasteiger partial charge in [0.25, 0.3) is 17.7 Å². The number of carbonyl (C=O) groups is 5. The van der Waals surface area contributed by atoms with Crippen LogP contribution in [0.5, 0.6) is 0 Å². The second-order valence-electron chi connectivity index (χ2n) is 14.8. The van der Waals surface area contributed by atoms with Crippen molar-refractivity contribution in [3.05, 3.63) is 64.7 Å². The van der Waals surface area contributed by atoms with Gasteiger partial charge in [-0.3, -0.25) is 39.1 Å². The summed E-state index contributed by atoms with van der Waals surface area (Å²) in [5, 5.41) is 5.46. The minimum absolute atomic E-state index is 0.0382. The largest absolute Gasteiger partial charge is 0.368 e. The quantitative estimate of drug-likeness (QED) is 0.390. The molecule has 0 aromatic heterocycles. The van der Waals surface area contributed by atoms with Crippen LogP contribution >= 0.6 is 0 Å². The number of nitrogens with zero attached hydrogens (tertiary/aromatic N) is 3. The standard InChI is InChI=1S/C36H39N5O5/c1-35(2)20-36(3,4)34(35)38-30(43)23-9-7-21(8-10-23)5-6-22-16-39(17-22)25-18-40(19-25)24-11-12-26-27(15-24)33(46)41(32(26)45)28-13-14-29(42)37-31(28)44/h7-12,15,22,25,28,34H,13-14,16-20H2,1-4H3,(H,38,43)(H,37,42,44). The zero-order valence-electron chi connectivity index (χ0n) is 26.7. The summed E-state index contributed by atoms with van der Waals surface area (Å²) in [6, 6.07) is 12.4. The number of nitrogens with one attached hydrogen (secondary N) is 2. The third-order valence-electron chi connectivity index (χ3n) is 10.4. The summed E-state index contributed by atoms with van der Waals surface area (Å²) in [5.41, 5.74) is 3.22. The van der Waals surface area contributed by atoms with Crippen LogP contribution in [-0.2, 0) is 9.59 Å². The molecule has 1 saturated carbocycles. The molecule has 0 bridgehead atoms. The van der Waals surface area contributed by atoms with Crippen LogP contribution in [0.25, 0.3) is 0 Å². The van der Waals surface area contributed by atoms with Crippen LogP contribution in [0.15, 0.2) is 42.5 Å². The smallest absolute Gasteiger partial charge is 0.262 e. The van der Waals surface area contributed by atoms with Gasteiger partial charge in [0, 0.05) is 67.4 Å². The van der Waals surface area contributed by atoms with E-state index in [0.29, 0.717) is 28.7 Å². The molecule has 2 aromatic carbocycles. The number of benzene rings is 2. The van der Waals surface area contributed by atoms with Crippen LogP contribution in [0.3, 0.4) is 0 Å². The van der Waals surface area contributed by atoms with E-state index in [1.165, 1.54) is 0 Å². The molecule has 2 aromatic rings. The number of likely N-dealkylation sites (tertiary alicyclic amines) is 1. The minimum Gasteiger partial charge on any atom is -0.368 e. The monoisotopic (exact) mass is 621 g/mol. The van der Waals surface area contributed by atoms with Crippen molar-refractivity contribution in [3.8, 4) is 11.8 Å². The van der Waals surface area contributed by atoms with Crippen molar-refractivity contribution in [2.75, 3.05) is 31.1 Å². The van der Waals surface area contributed by atoms with E-state index in [9.17, 15) is 24.0 Å². The van der Waals surface area contributed by atoms with Crippen LogP contribution in [0.2, 0.25) is 0 Å². The number of hydrogen-bond donors (Lipinski definition) is 2. The highest BCUT2D eigenvalue weighted by atomic mass is 16.2. The maximum absolute atomic E-state index is 13.2. The molecule has 1 aliphatic carbocycles. The van der Waals surface area contributed by atoms with Gasteiger partial charge in [0.05, 0.1) is 11.1 Å². The van der Waals surface area contributed by atoms with Gasteiger partial charge in [-0.25, -0.2) is 0 Å². The summed E-state index contributed by atoms with van der Waals surface area (Å²) in [6.07, 6.45) is 1.32. The summed E-state index contributed by atoms with van der Waals surface area (Å²) in [6.45, 7) is 12.2. The molecule has 238 valence electrons. The average molecular weight is 622 g/mol. The second kappa shape index (κ2) is 10.8. The van der Waals surface area contributed by atoms with Crippen LogP contribution in [0.1, 0.15) is 83.6 Å². The predicted octanol–water partition coefficient (Wildman–Crippen LogP) is 2.81. The number of anilines is 1. The molecular formula is C36H39N5O5. The Morgan fingerprint density at radius 3 is 2.22 bits per heavy atom. The number of amides is 5. The van der Waals surface area contributed by atoms with Gasteiger partial charge in [-0.2, -0.15) is 0 Å². The minimum atomic E-state index is -0.965. The number of carbonyl (C=O) groups excluding carboxylic acids is 5. The Kier molecular flexibility index (Phi) is 7.09. The Hall–Kier alpha value is -4.49. The third kappa shape index (κ3) is 5.17. The lowest BCUT2D eigenvalue weighted by Crippen LogP contribution is -2.65. The lowest BCUT2D eigenvalue weighted by molar-refractivity contribution is -0.136. The molecule has 10 nitrogen and oxygen atoms in total. The molecule has 2 N–H and O–H groups in total. The highest BCUT2D eigenvalue weighted by Crippen LogP contribution is 2.53. The summed E-state index contributed by atoms with van der Waals surface area (Å²) in [4.78, 5) is 68.5. The molecule has 1 atom stereocenters. The number of hydrogen-bond acceptors (Lipinski definition) is 7. The molecule has 4 heterocycles. The molecule has 5 aliphatic rings. The lowest BCUT2D eigenvalue weighted by Gasteiger charge is -2.57. The lowest BCUT2D eigenvalue weighted by atomic mass is 9.52. The van der Waals surface area contributed by atoms with Crippen LogP contribution < -0.4 is 15.5 Å². The molecule has 1 unspecified atom stereocenters. The highest BCUT2D eigenvalue weighted by Gasteiger charge is 2.53. The van der Waals surface area contributed by atoms with Gasteiger partial charge in [0.15, 0.2) is 0 Å². The molecule has 4 aliphatic heterocycles. The van der Waals surface area contributed by atoms with Crippen molar-refractivity contribution in [1.82, 2.24) is 20.4 Å². The van der Waals surface area contributed by atoms with E-state index in [1.807, 2.05) is 30.3 Å². The molecule has 5 amide bonds. The number of rotatable bonds is 5. The van der Waals surface area contributed by atoms with Gasteiger partial charge >= 0.3 is 0 Å². The van der Waals surface area contributed by atoms with Gasteiger partial charge in [-0.1, -0.05) is 39.5 Å². The predicted molar refractivity (Wildman–Crippen MR) is 171 cm³/mol. The van der Waals surface area contributed by atoms with E-state index in [2.05, 4.69) is 60.0 Å². The maximum atomic E-state index is 13.2. The zero-order chi connectivity index (χ0) is 32.5. The molecule has 3 saturated heterocycles. The molecule has 10 heteroatoms. The molecule has 0 radical (unpaired) electrons. The first-order valence-electron chi connectivity index (χ1n) is 16.1. The van der Waals surface area contributed by atoms with E-state index < -0.39 is 29.7 Å². The summed E-state index contributed by atoms with van der Waals surface area (Å²) < 4.78 is 0. The Morgan fingerprint density at radius 1 is 0.891 bits per heavy atom. The van der Waals surface area contributed by atoms with E-state index in [1.54, 1.807) is 12.1 Å². The van der Waals surface area contributed by atoms with Gasteiger partial charge in [0.2, 0.25) is 11.8 Å². The topological polar surface area (TPSA) is 119 Å². The third-order valence-corrected chi connectivity index (χ3v) is 10.4.